The minimum atomic E-state index is 0.619. The summed E-state index contributed by atoms with van der Waals surface area (Å²) in [7, 11) is 0. The van der Waals surface area contributed by atoms with Crippen LogP contribution in [0.4, 0.5) is 0 Å². The van der Waals surface area contributed by atoms with Crippen LogP contribution in [0.5, 0.6) is 0 Å². The predicted molar refractivity (Wildman–Crippen MR) is 49.6 cm³/mol. The Kier molecular flexibility index (Phi) is 3.31. The molecule has 1 fully saturated rings. The first kappa shape index (κ1) is 9.28. The molecule has 0 aliphatic heterocycles. The topological polar surface area (TPSA) is 35.8 Å². The molecule has 1 saturated carbocycles. The van der Waals surface area contributed by atoms with Gasteiger partial charge >= 0.3 is 0 Å². The summed E-state index contributed by atoms with van der Waals surface area (Å²) in [5.41, 5.74) is 1.30. The van der Waals surface area contributed by atoms with Crippen molar-refractivity contribution in [3.63, 3.8) is 0 Å². The molecule has 0 heterocycles. The summed E-state index contributed by atoms with van der Waals surface area (Å²) < 4.78 is 0. The van der Waals surface area contributed by atoms with E-state index in [4.69, 9.17) is 5.26 Å². The van der Waals surface area contributed by atoms with Crippen LogP contribution in [0.25, 0.3) is 0 Å². The van der Waals surface area contributed by atoms with Crippen molar-refractivity contribution in [2.75, 3.05) is 6.54 Å². The molecule has 2 heteroatoms. The normalized spacial score (nSPS) is 27.3. The van der Waals surface area contributed by atoms with E-state index in [1.165, 1.54) is 18.4 Å². The first-order valence-corrected chi connectivity index (χ1v) is 4.49. The molecule has 1 aliphatic rings. The number of rotatable bonds is 4. The average molecular weight is 164 g/mol. The van der Waals surface area contributed by atoms with Crippen LogP contribution in [-0.2, 0) is 0 Å². The highest BCUT2D eigenvalue weighted by atomic mass is 14.9. The molecular formula is C10H16N2. The highest BCUT2D eigenvalue weighted by molar-refractivity contribution is 5.04. The van der Waals surface area contributed by atoms with Gasteiger partial charge in [-0.15, -0.1) is 0 Å². The third kappa shape index (κ3) is 2.35. The average Bonchev–Trinajstić information content (AvgIpc) is 1.93. The van der Waals surface area contributed by atoms with Gasteiger partial charge in [-0.25, -0.2) is 0 Å². The van der Waals surface area contributed by atoms with Crippen molar-refractivity contribution in [1.29, 1.82) is 5.26 Å². The summed E-state index contributed by atoms with van der Waals surface area (Å²) >= 11 is 0. The van der Waals surface area contributed by atoms with E-state index in [9.17, 15) is 0 Å². The molecule has 1 aliphatic carbocycles. The van der Waals surface area contributed by atoms with Crippen LogP contribution in [0.15, 0.2) is 12.2 Å². The fourth-order valence-corrected chi connectivity index (χ4v) is 1.52. The molecule has 0 aromatic heterocycles. The number of nitriles is 1. The van der Waals surface area contributed by atoms with E-state index in [0.29, 0.717) is 12.5 Å². The maximum atomic E-state index is 8.31. The van der Waals surface area contributed by atoms with Gasteiger partial charge in [0.1, 0.15) is 0 Å². The zero-order valence-electron chi connectivity index (χ0n) is 7.64. The van der Waals surface area contributed by atoms with Gasteiger partial charge in [0.05, 0.1) is 6.07 Å². The summed E-state index contributed by atoms with van der Waals surface area (Å²) in [4.78, 5) is 0. The molecule has 1 rings (SSSR count). The van der Waals surface area contributed by atoms with Crippen LogP contribution in [0.2, 0.25) is 0 Å². The Morgan fingerprint density at radius 3 is 2.83 bits per heavy atom. The third-order valence-corrected chi connectivity index (χ3v) is 2.50. The van der Waals surface area contributed by atoms with Crippen molar-refractivity contribution >= 4 is 0 Å². The number of hydrogen-bond donors (Lipinski definition) is 1. The van der Waals surface area contributed by atoms with Gasteiger partial charge in [-0.1, -0.05) is 12.2 Å². The molecule has 0 aromatic carbocycles. The number of nitrogens with zero attached hydrogens (tertiary/aromatic N) is 1. The lowest BCUT2D eigenvalue weighted by Crippen LogP contribution is -2.41. The van der Waals surface area contributed by atoms with Crippen molar-refractivity contribution in [2.24, 2.45) is 5.92 Å². The number of nitrogens with one attached hydrogen (secondary N) is 1. The van der Waals surface area contributed by atoms with Gasteiger partial charge in [0.2, 0.25) is 0 Å². The second-order valence-electron chi connectivity index (χ2n) is 3.57. The molecular weight excluding hydrogens is 148 g/mol. The van der Waals surface area contributed by atoms with E-state index in [0.717, 1.165) is 12.5 Å². The van der Waals surface area contributed by atoms with Crippen molar-refractivity contribution in [2.45, 2.75) is 32.2 Å². The Morgan fingerprint density at radius 2 is 2.33 bits per heavy atom. The molecule has 0 bridgehead atoms. The van der Waals surface area contributed by atoms with Crippen LogP contribution in [0.1, 0.15) is 26.2 Å². The van der Waals surface area contributed by atoms with E-state index < -0.39 is 0 Å². The molecule has 2 nitrogen and oxygen atoms in total. The minimum absolute atomic E-state index is 0.619. The van der Waals surface area contributed by atoms with Crippen molar-refractivity contribution in [3.8, 4) is 6.07 Å². The Balaban J connectivity index is 2.03. The van der Waals surface area contributed by atoms with Gasteiger partial charge < -0.3 is 5.32 Å². The van der Waals surface area contributed by atoms with Crippen LogP contribution in [-0.4, -0.2) is 12.6 Å². The lowest BCUT2D eigenvalue weighted by atomic mass is 9.76. The summed E-state index contributed by atoms with van der Waals surface area (Å²) in [6.07, 6.45) is 3.04. The number of hydrogen-bond acceptors (Lipinski definition) is 2. The van der Waals surface area contributed by atoms with Gasteiger partial charge in [0.25, 0.3) is 0 Å². The molecule has 66 valence electrons. The third-order valence-electron chi connectivity index (χ3n) is 2.50. The second kappa shape index (κ2) is 4.27. The fourth-order valence-electron chi connectivity index (χ4n) is 1.52. The largest absolute Gasteiger partial charge is 0.313 e. The van der Waals surface area contributed by atoms with Gasteiger partial charge in [0, 0.05) is 19.0 Å². The van der Waals surface area contributed by atoms with Gasteiger partial charge in [-0.05, 0) is 25.7 Å². The van der Waals surface area contributed by atoms with E-state index in [1.54, 1.807) is 0 Å². The lowest BCUT2D eigenvalue weighted by Gasteiger charge is -2.36. The molecule has 0 spiro atoms. The Bertz CT molecular complexity index is 196. The second-order valence-corrected chi connectivity index (χ2v) is 3.57. The van der Waals surface area contributed by atoms with Gasteiger partial charge in [0.15, 0.2) is 0 Å². The Morgan fingerprint density at radius 1 is 1.67 bits per heavy atom. The standard InChI is InChI=1S/C10H16N2/c1-8(2)9-6-10(7-9)12-5-3-4-11/h9-10,12H,1,3,5-7H2,2H3. The smallest absolute Gasteiger partial charge is 0.0635 e. The molecule has 0 saturated heterocycles. The van der Waals surface area contributed by atoms with Crippen molar-refractivity contribution in [1.82, 2.24) is 5.32 Å². The first-order valence-electron chi connectivity index (χ1n) is 4.49. The molecule has 0 aromatic rings. The summed E-state index contributed by atoms with van der Waals surface area (Å²) in [6.45, 7) is 6.86. The zero-order valence-corrected chi connectivity index (χ0v) is 7.64. The van der Waals surface area contributed by atoms with Gasteiger partial charge in [-0.3, -0.25) is 0 Å². The summed E-state index contributed by atoms with van der Waals surface area (Å²) in [5.74, 6) is 0.726. The monoisotopic (exact) mass is 164 g/mol. The Hall–Kier alpha value is -0.810. The maximum absolute atomic E-state index is 8.31. The van der Waals surface area contributed by atoms with Crippen molar-refractivity contribution in [3.05, 3.63) is 12.2 Å². The molecule has 0 atom stereocenters. The summed E-state index contributed by atoms with van der Waals surface area (Å²) in [6, 6.07) is 2.76. The summed E-state index contributed by atoms with van der Waals surface area (Å²) in [5, 5.41) is 11.6. The van der Waals surface area contributed by atoms with Crippen LogP contribution >= 0.6 is 0 Å². The predicted octanol–water partition coefficient (Wildman–Crippen LogP) is 1.84. The number of allylic oxidation sites excluding steroid dienone is 1. The first-order chi connectivity index (χ1) is 5.74. The SMILES string of the molecule is C=C(C)C1CC(NCCC#N)C1. The fraction of sp³-hybridized carbons (Fsp3) is 0.700. The minimum Gasteiger partial charge on any atom is -0.313 e. The quantitative estimate of drug-likeness (QED) is 0.508. The van der Waals surface area contributed by atoms with E-state index in [-0.39, 0.29) is 0 Å². The molecule has 0 radical (unpaired) electrons. The highest BCUT2D eigenvalue weighted by Gasteiger charge is 2.28. The van der Waals surface area contributed by atoms with E-state index in [2.05, 4.69) is 24.9 Å². The van der Waals surface area contributed by atoms with Crippen molar-refractivity contribution < 1.29 is 0 Å². The van der Waals surface area contributed by atoms with Crippen LogP contribution in [0, 0.1) is 17.2 Å². The maximum Gasteiger partial charge on any atom is 0.0635 e. The van der Waals surface area contributed by atoms with Gasteiger partial charge in [-0.2, -0.15) is 5.26 Å². The Labute approximate surface area is 74.3 Å². The lowest BCUT2D eigenvalue weighted by molar-refractivity contribution is 0.259. The molecule has 0 amide bonds. The highest BCUT2D eigenvalue weighted by Crippen LogP contribution is 2.32. The van der Waals surface area contributed by atoms with E-state index in [1.807, 2.05) is 0 Å². The van der Waals surface area contributed by atoms with E-state index >= 15 is 0 Å². The molecule has 12 heavy (non-hydrogen) atoms. The molecule has 1 N–H and O–H groups in total. The zero-order chi connectivity index (χ0) is 8.97. The molecule has 0 unspecified atom stereocenters. The van der Waals surface area contributed by atoms with Crippen LogP contribution < -0.4 is 5.32 Å². The van der Waals surface area contributed by atoms with Crippen LogP contribution in [0.3, 0.4) is 0 Å².